The summed E-state index contributed by atoms with van der Waals surface area (Å²) in [4.78, 5) is 8.94. The largest absolute Gasteiger partial charge is 0.396 e. The van der Waals surface area contributed by atoms with Gasteiger partial charge in [-0.1, -0.05) is 12.8 Å². The number of H-pyrrole nitrogens is 1. The number of rotatable bonds is 5. The third kappa shape index (κ3) is 2.92. The molecule has 0 spiro atoms. The highest BCUT2D eigenvalue weighted by molar-refractivity contribution is 5.87. The maximum atomic E-state index is 9.55. The van der Waals surface area contributed by atoms with Crippen molar-refractivity contribution in [3.63, 3.8) is 0 Å². The van der Waals surface area contributed by atoms with Crippen molar-refractivity contribution >= 4 is 22.8 Å². The summed E-state index contributed by atoms with van der Waals surface area (Å²) in [5, 5.41) is 24.0. The SMILES string of the molecule is CCNc1nc(NC2CCCCC2CO)c2cn[nH]c2n1. The molecule has 3 rings (SSSR count). The third-order valence-corrected chi connectivity index (χ3v) is 4.11. The minimum Gasteiger partial charge on any atom is -0.396 e. The van der Waals surface area contributed by atoms with Crippen LogP contribution < -0.4 is 10.6 Å². The van der Waals surface area contributed by atoms with Crippen LogP contribution in [0.1, 0.15) is 32.6 Å². The van der Waals surface area contributed by atoms with Crippen LogP contribution in [0.3, 0.4) is 0 Å². The van der Waals surface area contributed by atoms with Gasteiger partial charge in [-0.15, -0.1) is 0 Å². The molecular weight excluding hydrogens is 268 g/mol. The van der Waals surface area contributed by atoms with Crippen molar-refractivity contribution in [2.45, 2.75) is 38.6 Å². The van der Waals surface area contributed by atoms with Gasteiger partial charge in [-0.3, -0.25) is 5.10 Å². The van der Waals surface area contributed by atoms with Crippen LogP contribution in [-0.4, -0.2) is 44.5 Å². The number of aromatic amines is 1. The Morgan fingerprint density at radius 3 is 3.00 bits per heavy atom. The summed E-state index contributed by atoms with van der Waals surface area (Å²) >= 11 is 0. The highest BCUT2D eigenvalue weighted by atomic mass is 16.3. The molecule has 0 saturated heterocycles. The van der Waals surface area contributed by atoms with Crippen LogP contribution in [0.25, 0.3) is 11.0 Å². The van der Waals surface area contributed by atoms with Gasteiger partial charge in [-0.05, 0) is 19.8 Å². The van der Waals surface area contributed by atoms with Gasteiger partial charge in [0, 0.05) is 25.1 Å². The second-order valence-electron chi connectivity index (χ2n) is 5.54. The molecule has 7 heteroatoms. The lowest BCUT2D eigenvalue weighted by Gasteiger charge is -2.31. The smallest absolute Gasteiger partial charge is 0.226 e. The monoisotopic (exact) mass is 290 g/mol. The lowest BCUT2D eigenvalue weighted by atomic mass is 9.85. The molecule has 2 aromatic heterocycles. The number of nitrogens with one attached hydrogen (secondary N) is 3. The van der Waals surface area contributed by atoms with Crippen LogP contribution in [-0.2, 0) is 0 Å². The Labute approximate surface area is 123 Å². The molecule has 2 aromatic rings. The van der Waals surface area contributed by atoms with Gasteiger partial charge in [0.15, 0.2) is 5.65 Å². The Morgan fingerprint density at radius 2 is 2.19 bits per heavy atom. The fourth-order valence-electron chi connectivity index (χ4n) is 2.97. The predicted molar refractivity (Wildman–Crippen MR) is 82.3 cm³/mol. The van der Waals surface area contributed by atoms with Gasteiger partial charge in [-0.25, -0.2) is 0 Å². The zero-order chi connectivity index (χ0) is 14.7. The summed E-state index contributed by atoms with van der Waals surface area (Å²) in [6, 6.07) is 0.256. The number of aliphatic hydroxyl groups excluding tert-OH is 1. The van der Waals surface area contributed by atoms with Crippen molar-refractivity contribution in [2.24, 2.45) is 5.92 Å². The maximum absolute atomic E-state index is 9.55. The number of hydrogen-bond acceptors (Lipinski definition) is 6. The fourth-order valence-corrected chi connectivity index (χ4v) is 2.97. The van der Waals surface area contributed by atoms with Gasteiger partial charge in [-0.2, -0.15) is 15.1 Å². The van der Waals surface area contributed by atoms with Gasteiger partial charge >= 0.3 is 0 Å². The molecule has 21 heavy (non-hydrogen) atoms. The first-order chi connectivity index (χ1) is 10.3. The summed E-state index contributed by atoms with van der Waals surface area (Å²) in [6.07, 6.45) is 6.24. The molecular formula is C14H22N6O. The second-order valence-corrected chi connectivity index (χ2v) is 5.54. The molecule has 2 unspecified atom stereocenters. The Morgan fingerprint density at radius 1 is 1.33 bits per heavy atom. The number of hydrogen-bond donors (Lipinski definition) is 4. The van der Waals surface area contributed by atoms with E-state index in [0.717, 1.165) is 36.2 Å². The van der Waals surface area contributed by atoms with Gasteiger partial charge in [0.1, 0.15) is 5.82 Å². The average molecular weight is 290 g/mol. The van der Waals surface area contributed by atoms with Crippen molar-refractivity contribution in [1.82, 2.24) is 20.2 Å². The zero-order valence-electron chi connectivity index (χ0n) is 12.3. The normalized spacial score (nSPS) is 22.4. The molecule has 0 amide bonds. The molecule has 2 heterocycles. The molecule has 0 aromatic carbocycles. The highest BCUT2D eigenvalue weighted by Crippen LogP contribution is 2.29. The summed E-state index contributed by atoms with van der Waals surface area (Å²) in [6.45, 7) is 3.00. The van der Waals surface area contributed by atoms with Crippen LogP contribution >= 0.6 is 0 Å². The van der Waals surface area contributed by atoms with E-state index in [1.165, 1.54) is 12.8 Å². The average Bonchev–Trinajstić information content (AvgIpc) is 2.97. The van der Waals surface area contributed by atoms with Crippen molar-refractivity contribution in [2.75, 3.05) is 23.8 Å². The van der Waals surface area contributed by atoms with E-state index in [0.29, 0.717) is 11.9 Å². The lowest BCUT2D eigenvalue weighted by Crippen LogP contribution is -2.34. The predicted octanol–water partition coefficient (Wildman–Crippen LogP) is 1.75. The minimum atomic E-state index is 0.220. The first-order valence-electron chi connectivity index (χ1n) is 7.64. The summed E-state index contributed by atoms with van der Waals surface area (Å²) in [7, 11) is 0. The molecule has 0 aliphatic heterocycles. The van der Waals surface area contributed by atoms with Crippen molar-refractivity contribution < 1.29 is 5.11 Å². The second kappa shape index (κ2) is 6.26. The molecule has 0 bridgehead atoms. The quantitative estimate of drug-likeness (QED) is 0.669. The van der Waals surface area contributed by atoms with Crippen molar-refractivity contribution in [3.8, 4) is 0 Å². The Hall–Kier alpha value is -1.89. The molecule has 0 radical (unpaired) electrons. The summed E-state index contributed by atoms with van der Waals surface area (Å²) in [5.41, 5.74) is 0.722. The summed E-state index contributed by atoms with van der Waals surface area (Å²) < 4.78 is 0. The molecule has 1 saturated carbocycles. The summed E-state index contributed by atoms with van der Waals surface area (Å²) in [5.74, 6) is 1.67. The molecule has 7 nitrogen and oxygen atoms in total. The lowest BCUT2D eigenvalue weighted by molar-refractivity contribution is 0.178. The number of nitrogens with zero attached hydrogens (tertiary/aromatic N) is 3. The van der Waals surface area contributed by atoms with E-state index < -0.39 is 0 Å². The van der Waals surface area contributed by atoms with E-state index in [4.69, 9.17) is 0 Å². The maximum Gasteiger partial charge on any atom is 0.226 e. The Bertz CT molecular complexity index is 598. The Kier molecular flexibility index (Phi) is 4.19. The first-order valence-corrected chi connectivity index (χ1v) is 7.64. The number of anilines is 2. The minimum absolute atomic E-state index is 0.220. The van der Waals surface area contributed by atoms with E-state index >= 15 is 0 Å². The van der Waals surface area contributed by atoms with Gasteiger partial charge in [0.25, 0.3) is 0 Å². The molecule has 2 atom stereocenters. The highest BCUT2D eigenvalue weighted by Gasteiger charge is 2.25. The molecule has 4 N–H and O–H groups in total. The van der Waals surface area contributed by atoms with Crippen molar-refractivity contribution in [3.05, 3.63) is 6.20 Å². The molecule has 1 aliphatic carbocycles. The van der Waals surface area contributed by atoms with Gasteiger partial charge in [0.05, 0.1) is 11.6 Å². The van der Waals surface area contributed by atoms with Gasteiger partial charge < -0.3 is 15.7 Å². The van der Waals surface area contributed by atoms with E-state index in [-0.39, 0.29) is 12.6 Å². The topological polar surface area (TPSA) is 98.8 Å². The zero-order valence-corrected chi connectivity index (χ0v) is 12.3. The standard InChI is InChI=1S/C14H22N6O/c1-2-15-14-18-12(10-7-16-20-13(10)19-14)17-11-6-4-3-5-9(11)8-21/h7,9,11,21H,2-6,8H2,1H3,(H3,15,16,17,18,19,20). The van der Waals surface area contributed by atoms with Crippen LogP contribution in [0.5, 0.6) is 0 Å². The van der Waals surface area contributed by atoms with Crippen molar-refractivity contribution in [1.29, 1.82) is 0 Å². The van der Waals surface area contributed by atoms with Crippen LogP contribution in [0, 0.1) is 5.92 Å². The molecule has 1 fully saturated rings. The first kappa shape index (κ1) is 14.1. The fraction of sp³-hybridized carbons (Fsp3) is 0.643. The Balaban J connectivity index is 1.89. The number of aliphatic hydroxyl groups is 1. The molecule has 114 valence electrons. The number of fused-ring (bicyclic) bond motifs is 1. The van der Waals surface area contributed by atoms with Crippen LogP contribution in [0.4, 0.5) is 11.8 Å². The third-order valence-electron chi connectivity index (χ3n) is 4.11. The van der Waals surface area contributed by atoms with E-state index in [2.05, 4.69) is 30.8 Å². The van der Waals surface area contributed by atoms with E-state index in [1.54, 1.807) is 6.20 Å². The van der Waals surface area contributed by atoms with E-state index in [1.807, 2.05) is 6.92 Å². The van der Waals surface area contributed by atoms with E-state index in [9.17, 15) is 5.11 Å². The molecule has 1 aliphatic rings. The number of aromatic nitrogens is 4. The van der Waals surface area contributed by atoms with Crippen LogP contribution in [0.15, 0.2) is 6.20 Å². The van der Waals surface area contributed by atoms with Crippen LogP contribution in [0.2, 0.25) is 0 Å². The van der Waals surface area contributed by atoms with Gasteiger partial charge in [0.2, 0.25) is 5.95 Å².